The monoisotopic (exact) mass is 307 g/mol. The molecule has 0 fully saturated rings. The van der Waals surface area contributed by atoms with E-state index in [0.29, 0.717) is 11.8 Å². The molecule has 4 rings (SSSR count). The number of aromatic nitrogens is 3. The Morgan fingerprint density at radius 3 is 2.74 bits per heavy atom. The molecule has 5 nitrogen and oxygen atoms in total. The van der Waals surface area contributed by atoms with Gasteiger partial charge in [0.1, 0.15) is 5.82 Å². The van der Waals surface area contributed by atoms with Crippen molar-refractivity contribution in [2.24, 2.45) is 0 Å². The third-order valence-corrected chi connectivity index (χ3v) is 3.70. The highest BCUT2D eigenvalue weighted by atomic mass is 19.1. The number of anilines is 4. The highest BCUT2D eigenvalue weighted by Crippen LogP contribution is 2.22. The summed E-state index contributed by atoms with van der Waals surface area (Å²) in [6, 6.07) is 11.9. The minimum Gasteiger partial charge on any atom is -0.338 e. The number of hydrogen-bond donors (Lipinski definition) is 2. The van der Waals surface area contributed by atoms with Gasteiger partial charge in [0.2, 0.25) is 5.95 Å². The van der Waals surface area contributed by atoms with Gasteiger partial charge in [-0.1, -0.05) is 12.1 Å². The molecule has 0 spiro atoms. The number of fused-ring (bicyclic) bond motifs is 6. The summed E-state index contributed by atoms with van der Waals surface area (Å²) in [6.07, 6.45) is 4.68. The van der Waals surface area contributed by atoms with Gasteiger partial charge in [0.25, 0.3) is 0 Å². The van der Waals surface area contributed by atoms with Crippen molar-refractivity contribution in [3.63, 3.8) is 0 Å². The molecule has 2 aromatic heterocycles. The van der Waals surface area contributed by atoms with Gasteiger partial charge in [-0.2, -0.15) is 4.98 Å². The van der Waals surface area contributed by atoms with Crippen molar-refractivity contribution < 1.29 is 4.39 Å². The number of pyridine rings is 1. The maximum Gasteiger partial charge on any atom is 0.230 e. The summed E-state index contributed by atoms with van der Waals surface area (Å²) in [4.78, 5) is 12.4. The second-order valence-corrected chi connectivity index (χ2v) is 5.39. The van der Waals surface area contributed by atoms with E-state index in [4.69, 9.17) is 0 Å². The third-order valence-electron chi connectivity index (χ3n) is 3.70. The second kappa shape index (κ2) is 5.64. The van der Waals surface area contributed by atoms with Crippen LogP contribution in [0.4, 0.5) is 27.7 Å². The number of hydrogen-bond acceptors (Lipinski definition) is 5. The van der Waals surface area contributed by atoms with Crippen molar-refractivity contribution >= 4 is 23.3 Å². The van der Waals surface area contributed by atoms with Crippen molar-refractivity contribution in [3.8, 4) is 0 Å². The molecule has 0 atom stereocenters. The van der Waals surface area contributed by atoms with Crippen LogP contribution in [0.5, 0.6) is 0 Å². The van der Waals surface area contributed by atoms with Gasteiger partial charge in [-0.3, -0.25) is 0 Å². The smallest absolute Gasteiger partial charge is 0.230 e. The van der Waals surface area contributed by atoms with Gasteiger partial charge in [0, 0.05) is 11.9 Å². The van der Waals surface area contributed by atoms with Crippen LogP contribution in [0.15, 0.2) is 48.8 Å². The maximum absolute atomic E-state index is 14.0. The lowest BCUT2D eigenvalue weighted by atomic mass is 10.0. The van der Waals surface area contributed by atoms with Gasteiger partial charge >= 0.3 is 0 Å². The molecule has 114 valence electrons. The molecule has 0 aliphatic carbocycles. The van der Waals surface area contributed by atoms with Crippen LogP contribution in [0, 0.1) is 5.82 Å². The average Bonchev–Trinajstić information content (AvgIpc) is 2.57. The number of nitrogens with zero attached hydrogens (tertiary/aromatic N) is 3. The summed E-state index contributed by atoms with van der Waals surface area (Å²) >= 11 is 0. The first-order chi connectivity index (χ1) is 11.3. The van der Waals surface area contributed by atoms with Gasteiger partial charge < -0.3 is 10.6 Å². The Balaban J connectivity index is 1.83. The molecule has 1 aromatic carbocycles. The van der Waals surface area contributed by atoms with Gasteiger partial charge in [0.05, 0.1) is 6.20 Å². The molecule has 6 heteroatoms. The van der Waals surface area contributed by atoms with Gasteiger partial charge in [-0.25, -0.2) is 14.4 Å². The van der Waals surface area contributed by atoms with E-state index in [1.807, 2.05) is 30.3 Å². The molecule has 2 N–H and O–H groups in total. The zero-order valence-electron chi connectivity index (χ0n) is 12.3. The largest absolute Gasteiger partial charge is 0.338 e. The predicted molar refractivity (Wildman–Crippen MR) is 86.6 cm³/mol. The van der Waals surface area contributed by atoms with E-state index >= 15 is 0 Å². The van der Waals surface area contributed by atoms with Crippen LogP contribution in [0.1, 0.15) is 11.1 Å². The summed E-state index contributed by atoms with van der Waals surface area (Å²) in [6.45, 7) is 0. The van der Waals surface area contributed by atoms with Crippen molar-refractivity contribution in [1.29, 1.82) is 0 Å². The number of aryl methyl sites for hydroxylation is 2. The Morgan fingerprint density at radius 2 is 1.83 bits per heavy atom. The first kappa shape index (κ1) is 13.6. The Labute approximate surface area is 132 Å². The van der Waals surface area contributed by atoms with E-state index in [0.717, 1.165) is 24.7 Å². The molecule has 0 amide bonds. The highest BCUT2D eigenvalue weighted by Gasteiger charge is 2.10. The minimum atomic E-state index is -0.502. The van der Waals surface area contributed by atoms with Crippen molar-refractivity contribution in [2.45, 2.75) is 12.8 Å². The van der Waals surface area contributed by atoms with Gasteiger partial charge in [-0.15, -0.1) is 0 Å². The van der Waals surface area contributed by atoms with E-state index in [1.165, 1.54) is 11.1 Å². The van der Waals surface area contributed by atoms with E-state index in [1.54, 1.807) is 6.20 Å². The Kier molecular flexibility index (Phi) is 3.34. The highest BCUT2D eigenvalue weighted by molar-refractivity contribution is 5.60. The molecular formula is C17H14FN5. The molecule has 0 saturated carbocycles. The third kappa shape index (κ3) is 2.96. The Morgan fingerprint density at radius 1 is 0.957 bits per heavy atom. The number of benzene rings is 1. The lowest BCUT2D eigenvalue weighted by Gasteiger charge is -2.09. The number of nitrogens with one attached hydrogen (secondary N) is 2. The molecule has 1 aliphatic rings. The predicted octanol–water partition coefficient (Wildman–Crippen LogP) is 3.60. The van der Waals surface area contributed by atoms with Crippen LogP contribution in [-0.2, 0) is 12.8 Å². The van der Waals surface area contributed by atoms with Crippen LogP contribution < -0.4 is 10.6 Å². The fraction of sp³-hybridized carbons (Fsp3) is 0.118. The zero-order chi connectivity index (χ0) is 15.6. The van der Waals surface area contributed by atoms with E-state index in [2.05, 4.69) is 31.7 Å². The van der Waals surface area contributed by atoms with Gasteiger partial charge in [0.15, 0.2) is 11.6 Å². The average molecular weight is 307 g/mol. The van der Waals surface area contributed by atoms with E-state index in [-0.39, 0.29) is 5.82 Å². The molecule has 6 bridgehead atoms. The van der Waals surface area contributed by atoms with Crippen molar-refractivity contribution in [1.82, 2.24) is 15.0 Å². The van der Waals surface area contributed by atoms with Crippen LogP contribution in [0.2, 0.25) is 0 Å². The second-order valence-electron chi connectivity index (χ2n) is 5.39. The molecule has 0 saturated heterocycles. The topological polar surface area (TPSA) is 62.7 Å². The van der Waals surface area contributed by atoms with Crippen molar-refractivity contribution in [2.75, 3.05) is 10.6 Å². The van der Waals surface area contributed by atoms with Gasteiger partial charge in [-0.05, 0) is 48.2 Å². The lowest BCUT2D eigenvalue weighted by Crippen LogP contribution is -2.04. The van der Waals surface area contributed by atoms with E-state index in [9.17, 15) is 4.39 Å². The molecule has 0 unspecified atom stereocenters. The normalized spacial score (nSPS) is 12.9. The molecule has 1 aliphatic heterocycles. The first-order valence-corrected chi connectivity index (χ1v) is 7.37. The summed E-state index contributed by atoms with van der Waals surface area (Å²) in [5.41, 5.74) is 3.15. The summed E-state index contributed by atoms with van der Waals surface area (Å²) in [5, 5.41) is 6.03. The fourth-order valence-corrected chi connectivity index (χ4v) is 2.56. The summed E-state index contributed by atoms with van der Waals surface area (Å²) in [5.74, 6) is 0.576. The molecular weight excluding hydrogens is 293 g/mol. The minimum absolute atomic E-state index is 0.134. The number of halogens is 1. The van der Waals surface area contributed by atoms with Crippen LogP contribution in [0.3, 0.4) is 0 Å². The quantitative estimate of drug-likeness (QED) is 0.664. The standard InChI is InChI=1S/C17H14FN5/c18-14-10-20-17-22-15-9-12(6-7-19-15)5-4-11-2-1-3-13(8-11)21-16(14)23-17/h1-3,6-10H,4-5H2,(H2,19,20,21,22,23). The maximum atomic E-state index is 14.0. The zero-order valence-corrected chi connectivity index (χ0v) is 12.3. The fourth-order valence-electron chi connectivity index (χ4n) is 2.56. The summed E-state index contributed by atoms with van der Waals surface area (Å²) in [7, 11) is 0. The van der Waals surface area contributed by atoms with Crippen LogP contribution in [0.25, 0.3) is 0 Å². The number of rotatable bonds is 0. The molecule has 23 heavy (non-hydrogen) atoms. The molecule has 3 aromatic rings. The molecule has 0 radical (unpaired) electrons. The Bertz CT molecular complexity index is 865. The summed E-state index contributed by atoms with van der Waals surface area (Å²) < 4.78 is 14.0. The first-order valence-electron chi connectivity index (χ1n) is 7.37. The van der Waals surface area contributed by atoms with Crippen LogP contribution >= 0.6 is 0 Å². The SMILES string of the molecule is Fc1cnc2nc1Nc1cccc(c1)CCc1ccnc(c1)N2. The lowest BCUT2D eigenvalue weighted by molar-refractivity contribution is 0.619. The van der Waals surface area contributed by atoms with Crippen LogP contribution in [-0.4, -0.2) is 15.0 Å². The Hall–Kier alpha value is -3.02. The van der Waals surface area contributed by atoms with Crippen molar-refractivity contribution in [3.05, 3.63) is 65.7 Å². The van der Waals surface area contributed by atoms with E-state index < -0.39 is 5.82 Å². The molecule has 3 heterocycles.